The van der Waals surface area contributed by atoms with Crippen LogP contribution in [0.15, 0.2) is 65.6 Å². The van der Waals surface area contributed by atoms with E-state index in [9.17, 15) is 4.79 Å². The quantitative estimate of drug-likeness (QED) is 0.581. The number of carbonyl (C=O) groups excluding carboxylic acids is 1. The maximum atomic E-state index is 12.1. The van der Waals surface area contributed by atoms with Crippen molar-refractivity contribution in [2.75, 3.05) is 5.32 Å². The van der Waals surface area contributed by atoms with E-state index >= 15 is 0 Å². The van der Waals surface area contributed by atoms with Gasteiger partial charge in [-0.2, -0.15) is 5.10 Å². The fourth-order valence-corrected chi connectivity index (χ4v) is 2.34. The van der Waals surface area contributed by atoms with Crippen molar-refractivity contribution in [3.05, 3.63) is 72.4 Å². The second-order valence-corrected chi connectivity index (χ2v) is 5.56. The van der Waals surface area contributed by atoms with Crippen molar-refractivity contribution in [3.8, 4) is 17.4 Å². The first-order chi connectivity index (χ1) is 13.2. The molecule has 3 heterocycles. The SMILES string of the molecule is Cc1oncc1C(=O)Nc1ccc(Oc2ccc(-n3cccn3)nn2)cc1. The minimum atomic E-state index is -0.289. The fraction of sp³-hybridized carbons (Fsp3) is 0.0556. The highest BCUT2D eigenvalue weighted by Gasteiger charge is 2.13. The number of nitrogens with one attached hydrogen (secondary N) is 1. The zero-order valence-electron chi connectivity index (χ0n) is 14.2. The van der Waals surface area contributed by atoms with Crippen molar-refractivity contribution >= 4 is 11.6 Å². The molecule has 1 aromatic carbocycles. The zero-order valence-corrected chi connectivity index (χ0v) is 14.2. The van der Waals surface area contributed by atoms with E-state index in [0.29, 0.717) is 34.5 Å². The first kappa shape index (κ1) is 16.5. The van der Waals surface area contributed by atoms with Crippen molar-refractivity contribution in [1.29, 1.82) is 0 Å². The van der Waals surface area contributed by atoms with Gasteiger partial charge in [0.15, 0.2) is 5.82 Å². The number of ether oxygens (including phenoxy) is 1. The highest BCUT2D eigenvalue weighted by atomic mass is 16.5. The van der Waals surface area contributed by atoms with E-state index in [1.165, 1.54) is 6.20 Å². The Balaban J connectivity index is 1.40. The molecule has 0 aliphatic carbocycles. The summed E-state index contributed by atoms with van der Waals surface area (Å²) in [6, 6.07) is 12.2. The van der Waals surface area contributed by atoms with Crippen LogP contribution in [0.1, 0.15) is 16.1 Å². The van der Waals surface area contributed by atoms with Crippen LogP contribution in [-0.4, -0.2) is 31.0 Å². The van der Waals surface area contributed by atoms with Gasteiger partial charge in [-0.15, -0.1) is 10.2 Å². The molecule has 0 saturated heterocycles. The number of aromatic nitrogens is 5. The third-order valence-corrected chi connectivity index (χ3v) is 3.70. The van der Waals surface area contributed by atoms with Crippen LogP contribution in [0.4, 0.5) is 5.69 Å². The maximum Gasteiger partial charge on any atom is 0.260 e. The number of aryl methyl sites for hydroxylation is 1. The van der Waals surface area contributed by atoms with Crippen LogP contribution in [0.5, 0.6) is 11.6 Å². The molecule has 1 N–H and O–H groups in total. The monoisotopic (exact) mass is 362 g/mol. The van der Waals surface area contributed by atoms with Gasteiger partial charge in [0.1, 0.15) is 17.1 Å². The second kappa shape index (κ2) is 7.08. The van der Waals surface area contributed by atoms with Gasteiger partial charge in [0.25, 0.3) is 5.91 Å². The number of amides is 1. The topological polar surface area (TPSA) is 108 Å². The van der Waals surface area contributed by atoms with Crippen molar-refractivity contribution in [1.82, 2.24) is 25.1 Å². The Hall–Kier alpha value is -4.01. The van der Waals surface area contributed by atoms with Crippen molar-refractivity contribution in [3.63, 3.8) is 0 Å². The molecule has 4 rings (SSSR count). The predicted molar refractivity (Wildman–Crippen MR) is 94.9 cm³/mol. The molecule has 0 radical (unpaired) electrons. The lowest BCUT2D eigenvalue weighted by atomic mass is 10.2. The summed E-state index contributed by atoms with van der Waals surface area (Å²) >= 11 is 0. The second-order valence-electron chi connectivity index (χ2n) is 5.56. The Labute approximate surface area is 153 Å². The Kier molecular flexibility index (Phi) is 4.32. The van der Waals surface area contributed by atoms with Gasteiger partial charge in [0.05, 0.1) is 6.20 Å². The summed E-state index contributed by atoms with van der Waals surface area (Å²) < 4.78 is 12.2. The molecule has 4 aromatic rings. The molecule has 9 nitrogen and oxygen atoms in total. The standard InChI is InChI=1S/C18H14N6O3/c1-12-15(11-20-27-12)18(25)21-13-3-5-14(6-4-13)26-17-8-7-16(22-23-17)24-10-2-9-19-24/h2-11H,1H3,(H,21,25). The van der Waals surface area contributed by atoms with E-state index in [4.69, 9.17) is 9.26 Å². The zero-order chi connectivity index (χ0) is 18.6. The van der Waals surface area contributed by atoms with Gasteiger partial charge in [-0.1, -0.05) is 5.16 Å². The minimum absolute atomic E-state index is 0.289. The van der Waals surface area contributed by atoms with E-state index in [1.807, 2.05) is 0 Å². The van der Waals surface area contributed by atoms with Gasteiger partial charge in [0, 0.05) is 24.1 Å². The van der Waals surface area contributed by atoms with E-state index in [1.54, 1.807) is 66.5 Å². The molecule has 27 heavy (non-hydrogen) atoms. The van der Waals surface area contributed by atoms with E-state index in [0.717, 1.165) is 0 Å². The van der Waals surface area contributed by atoms with Crippen LogP contribution in [-0.2, 0) is 0 Å². The number of carbonyl (C=O) groups is 1. The lowest BCUT2D eigenvalue weighted by Gasteiger charge is -2.07. The average molecular weight is 362 g/mol. The number of hydrogen-bond acceptors (Lipinski definition) is 7. The Morgan fingerprint density at radius 1 is 1.15 bits per heavy atom. The van der Waals surface area contributed by atoms with Crippen LogP contribution in [0.2, 0.25) is 0 Å². The molecule has 0 saturated carbocycles. The van der Waals surface area contributed by atoms with Crippen molar-refractivity contribution in [2.24, 2.45) is 0 Å². The molecule has 9 heteroatoms. The van der Waals surface area contributed by atoms with E-state index < -0.39 is 0 Å². The van der Waals surface area contributed by atoms with Crippen LogP contribution >= 0.6 is 0 Å². The minimum Gasteiger partial charge on any atom is -0.438 e. The number of rotatable bonds is 5. The fourth-order valence-electron chi connectivity index (χ4n) is 2.34. The summed E-state index contributed by atoms with van der Waals surface area (Å²) in [6.45, 7) is 1.68. The summed E-state index contributed by atoms with van der Waals surface area (Å²) in [4.78, 5) is 12.1. The van der Waals surface area contributed by atoms with Gasteiger partial charge >= 0.3 is 0 Å². The van der Waals surface area contributed by atoms with E-state index in [2.05, 4.69) is 25.8 Å². The highest BCUT2D eigenvalue weighted by molar-refractivity contribution is 6.04. The predicted octanol–water partition coefficient (Wildman–Crippen LogP) is 3.00. The smallest absolute Gasteiger partial charge is 0.260 e. The molecule has 0 spiro atoms. The Morgan fingerprint density at radius 3 is 2.63 bits per heavy atom. The largest absolute Gasteiger partial charge is 0.438 e. The van der Waals surface area contributed by atoms with Gasteiger partial charge in [-0.3, -0.25) is 4.79 Å². The van der Waals surface area contributed by atoms with Gasteiger partial charge in [-0.25, -0.2) is 4.68 Å². The first-order valence-electron chi connectivity index (χ1n) is 8.03. The molecule has 1 amide bonds. The Morgan fingerprint density at radius 2 is 2.00 bits per heavy atom. The third kappa shape index (κ3) is 3.66. The molecule has 134 valence electrons. The molecule has 0 atom stereocenters. The molecule has 3 aromatic heterocycles. The average Bonchev–Trinajstić information content (AvgIpc) is 3.36. The molecule has 0 aliphatic heterocycles. The van der Waals surface area contributed by atoms with Gasteiger partial charge < -0.3 is 14.6 Å². The first-order valence-corrected chi connectivity index (χ1v) is 8.03. The third-order valence-electron chi connectivity index (χ3n) is 3.70. The number of hydrogen-bond donors (Lipinski definition) is 1. The molecular formula is C18H14N6O3. The van der Waals surface area contributed by atoms with Crippen LogP contribution in [0.25, 0.3) is 5.82 Å². The number of nitrogens with zero attached hydrogens (tertiary/aromatic N) is 5. The van der Waals surface area contributed by atoms with Gasteiger partial charge in [-0.05, 0) is 43.3 Å². The normalized spacial score (nSPS) is 10.6. The van der Waals surface area contributed by atoms with Crippen LogP contribution in [0, 0.1) is 6.92 Å². The molecule has 0 unspecified atom stereocenters. The summed E-state index contributed by atoms with van der Waals surface area (Å²) in [5.74, 6) is 1.68. The molecule has 0 aliphatic rings. The molecule has 0 fully saturated rings. The van der Waals surface area contributed by atoms with Gasteiger partial charge in [0.2, 0.25) is 5.88 Å². The highest BCUT2D eigenvalue weighted by Crippen LogP contribution is 2.22. The summed E-state index contributed by atoms with van der Waals surface area (Å²) in [5.41, 5.74) is 1.01. The number of anilines is 1. The Bertz CT molecular complexity index is 1040. The lowest BCUT2D eigenvalue weighted by Crippen LogP contribution is -2.11. The van der Waals surface area contributed by atoms with E-state index in [-0.39, 0.29) is 5.91 Å². The van der Waals surface area contributed by atoms with Crippen molar-refractivity contribution < 1.29 is 14.1 Å². The van der Waals surface area contributed by atoms with Crippen LogP contribution < -0.4 is 10.1 Å². The summed E-state index contributed by atoms with van der Waals surface area (Å²) in [7, 11) is 0. The van der Waals surface area contributed by atoms with Crippen LogP contribution in [0.3, 0.4) is 0 Å². The van der Waals surface area contributed by atoms with Crippen molar-refractivity contribution in [2.45, 2.75) is 6.92 Å². The summed E-state index contributed by atoms with van der Waals surface area (Å²) in [6.07, 6.45) is 4.82. The molecule has 0 bridgehead atoms. The number of benzene rings is 1. The lowest BCUT2D eigenvalue weighted by molar-refractivity contribution is 0.102. The summed E-state index contributed by atoms with van der Waals surface area (Å²) in [5, 5.41) is 18.5. The maximum absolute atomic E-state index is 12.1. The molecular weight excluding hydrogens is 348 g/mol.